The van der Waals surface area contributed by atoms with Crippen LogP contribution in [0.1, 0.15) is 22.3 Å². The molecule has 0 saturated carbocycles. The monoisotopic (exact) mass is 653 g/mol. The molecule has 232 valence electrons. The molecule has 50 heavy (non-hydrogen) atoms. The summed E-state index contributed by atoms with van der Waals surface area (Å²) >= 11 is 1.91. The summed E-state index contributed by atoms with van der Waals surface area (Å²) in [5.41, 5.74) is 13.0. The Bertz CT molecular complexity index is 3040. The van der Waals surface area contributed by atoms with Gasteiger partial charge in [-0.25, -0.2) is 0 Å². The van der Waals surface area contributed by atoms with E-state index >= 15 is 0 Å². The Morgan fingerprint density at radius 2 is 1.06 bits per heavy atom. The lowest BCUT2D eigenvalue weighted by atomic mass is 9.67. The summed E-state index contributed by atoms with van der Waals surface area (Å²) < 4.78 is 9.03. The number of furan rings is 1. The van der Waals surface area contributed by atoms with E-state index in [0.717, 1.165) is 27.6 Å². The summed E-state index contributed by atoms with van der Waals surface area (Å²) in [5, 5.41) is 7.27. The van der Waals surface area contributed by atoms with E-state index in [1.54, 1.807) is 0 Å². The lowest BCUT2D eigenvalue weighted by molar-refractivity contribution is 0.668. The zero-order valence-corrected chi connectivity index (χ0v) is 27.7. The Labute approximate surface area is 292 Å². The van der Waals surface area contributed by atoms with E-state index in [9.17, 15) is 0 Å². The summed E-state index contributed by atoms with van der Waals surface area (Å²) in [7, 11) is 0. The smallest absolute Gasteiger partial charge is 0.137 e. The Morgan fingerprint density at radius 1 is 0.440 bits per heavy atom. The van der Waals surface area contributed by atoms with Crippen LogP contribution in [0.4, 0.5) is 0 Å². The molecule has 8 aromatic carbocycles. The van der Waals surface area contributed by atoms with Gasteiger partial charge in [-0.15, -0.1) is 0 Å². The Kier molecular flexibility index (Phi) is 5.14. The average Bonchev–Trinajstić information content (AvgIpc) is 3.82. The third-order valence-electron chi connectivity index (χ3n) is 11.2. The summed E-state index contributed by atoms with van der Waals surface area (Å²) in [4.78, 5) is 2.60. The summed E-state index contributed by atoms with van der Waals surface area (Å²) in [6.07, 6.45) is 0. The number of rotatable bonds is 1. The minimum Gasteiger partial charge on any atom is -0.456 e. The second-order valence-electron chi connectivity index (χ2n) is 13.6. The molecule has 10 aromatic rings. The molecule has 2 aromatic heterocycles. The summed E-state index contributed by atoms with van der Waals surface area (Å²) in [6, 6.07) is 60.5. The number of aromatic nitrogens is 1. The molecule has 0 fully saturated rings. The third kappa shape index (κ3) is 3.22. The third-order valence-corrected chi connectivity index (χ3v) is 12.4. The van der Waals surface area contributed by atoms with Crippen molar-refractivity contribution >= 4 is 66.3 Å². The van der Waals surface area contributed by atoms with Crippen molar-refractivity contribution in [3.05, 3.63) is 186 Å². The number of fused-ring (bicyclic) bond motifs is 18. The highest BCUT2D eigenvalue weighted by Gasteiger charge is 2.50. The first-order chi connectivity index (χ1) is 24.8. The first kappa shape index (κ1) is 26.9. The van der Waals surface area contributed by atoms with Crippen LogP contribution in [0.3, 0.4) is 0 Å². The molecule has 0 unspecified atom stereocenters. The van der Waals surface area contributed by atoms with Crippen molar-refractivity contribution in [2.45, 2.75) is 15.2 Å². The highest BCUT2D eigenvalue weighted by molar-refractivity contribution is 7.99. The van der Waals surface area contributed by atoms with Crippen molar-refractivity contribution in [1.29, 1.82) is 0 Å². The van der Waals surface area contributed by atoms with E-state index in [4.69, 9.17) is 4.42 Å². The standard InChI is InChI=1S/C47H27NOS/c1-2-12-30-28(11-1)21-23-35-36-25-26-40-46(45(36)48(44(30)35)29-22-24-34-33-15-5-9-19-41(33)49-42(34)27-29)50-43-20-10-8-18-39(43)47(40)37-16-6-3-13-31(37)32-14-4-7-17-38(32)47/h1-27H. The molecule has 0 amide bonds. The lowest BCUT2D eigenvalue weighted by Crippen LogP contribution is -2.32. The van der Waals surface area contributed by atoms with Gasteiger partial charge >= 0.3 is 0 Å². The van der Waals surface area contributed by atoms with Crippen LogP contribution in [-0.2, 0) is 5.41 Å². The normalized spacial score (nSPS) is 14.1. The van der Waals surface area contributed by atoms with Crippen LogP contribution in [0.15, 0.2) is 178 Å². The average molecular weight is 654 g/mol. The highest BCUT2D eigenvalue weighted by atomic mass is 32.2. The van der Waals surface area contributed by atoms with Gasteiger partial charge in [0.15, 0.2) is 0 Å². The number of nitrogens with zero attached hydrogens (tertiary/aromatic N) is 1. The largest absolute Gasteiger partial charge is 0.456 e. The molecule has 1 aliphatic carbocycles. The molecule has 0 bridgehead atoms. The van der Waals surface area contributed by atoms with E-state index in [0.29, 0.717) is 0 Å². The minimum absolute atomic E-state index is 0.440. The molecule has 0 radical (unpaired) electrons. The maximum Gasteiger partial charge on any atom is 0.137 e. The number of hydrogen-bond acceptors (Lipinski definition) is 2. The zero-order valence-electron chi connectivity index (χ0n) is 26.9. The van der Waals surface area contributed by atoms with Gasteiger partial charge < -0.3 is 8.98 Å². The quantitative estimate of drug-likeness (QED) is 0.175. The van der Waals surface area contributed by atoms with Gasteiger partial charge in [0, 0.05) is 48.5 Å². The predicted octanol–water partition coefficient (Wildman–Crippen LogP) is 12.7. The second-order valence-corrected chi connectivity index (χ2v) is 14.6. The van der Waals surface area contributed by atoms with Gasteiger partial charge in [0.05, 0.1) is 16.4 Å². The van der Waals surface area contributed by atoms with Gasteiger partial charge in [0.2, 0.25) is 0 Å². The van der Waals surface area contributed by atoms with Crippen LogP contribution >= 0.6 is 11.8 Å². The molecule has 0 atom stereocenters. The molecular formula is C47H27NOS. The van der Waals surface area contributed by atoms with Crippen molar-refractivity contribution in [3.8, 4) is 16.8 Å². The molecule has 0 saturated heterocycles. The SMILES string of the molecule is c1ccc2c(c1)Sc1c(ccc3c4ccc5ccccc5c4n(-c4ccc5c(c4)oc4ccccc45)c13)C21c2ccccc2-c2ccccc21. The first-order valence-electron chi connectivity index (χ1n) is 17.2. The molecule has 3 heteroatoms. The fraction of sp³-hybridized carbons (Fsp3) is 0.0213. The molecule has 12 rings (SSSR count). The number of para-hydroxylation sites is 1. The van der Waals surface area contributed by atoms with Gasteiger partial charge in [0.1, 0.15) is 11.2 Å². The molecule has 2 aliphatic rings. The van der Waals surface area contributed by atoms with Crippen molar-refractivity contribution in [2.75, 3.05) is 0 Å². The Morgan fingerprint density at radius 3 is 1.90 bits per heavy atom. The molecule has 1 aliphatic heterocycles. The number of benzene rings is 8. The van der Waals surface area contributed by atoms with Crippen LogP contribution < -0.4 is 0 Å². The van der Waals surface area contributed by atoms with Crippen LogP contribution in [-0.4, -0.2) is 4.57 Å². The molecule has 1 spiro atoms. The van der Waals surface area contributed by atoms with Crippen LogP contribution in [0, 0.1) is 0 Å². The van der Waals surface area contributed by atoms with Gasteiger partial charge in [-0.3, -0.25) is 0 Å². The van der Waals surface area contributed by atoms with Crippen LogP contribution in [0.5, 0.6) is 0 Å². The second kappa shape index (κ2) is 9.56. The maximum absolute atomic E-state index is 6.50. The van der Waals surface area contributed by atoms with E-state index in [1.807, 2.05) is 17.8 Å². The van der Waals surface area contributed by atoms with Crippen molar-refractivity contribution in [3.63, 3.8) is 0 Å². The fourth-order valence-electron chi connectivity index (χ4n) is 9.28. The first-order valence-corrected chi connectivity index (χ1v) is 18.0. The van der Waals surface area contributed by atoms with Crippen LogP contribution in [0.25, 0.3) is 71.3 Å². The summed E-state index contributed by atoms with van der Waals surface area (Å²) in [5.74, 6) is 0. The van der Waals surface area contributed by atoms with E-state index in [-0.39, 0.29) is 0 Å². The van der Waals surface area contributed by atoms with Gasteiger partial charge in [-0.1, -0.05) is 145 Å². The molecule has 3 heterocycles. The van der Waals surface area contributed by atoms with Gasteiger partial charge in [-0.2, -0.15) is 0 Å². The van der Waals surface area contributed by atoms with Gasteiger partial charge in [0.25, 0.3) is 0 Å². The highest BCUT2D eigenvalue weighted by Crippen LogP contribution is 2.63. The van der Waals surface area contributed by atoms with Crippen LogP contribution in [0.2, 0.25) is 0 Å². The van der Waals surface area contributed by atoms with E-state index < -0.39 is 5.41 Å². The predicted molar refractivity (Wildman–Crippen MR) is 207 cm³/mol. The lowest BCUT2D eigenvalue weighted by Gasteiger charge is -2.40. The molecule has 2 nitrogen and oxygen atoms in total. The van der Waals surface area contributed by atoms with Gasteiger partial charge in [-0.05, 0) is 63.0 Å². The minimum atomic E-state index is -0.440. The van der Waals surface area contributed by atoms with E-state index in [2.05, 4.69) is 162 Å². The zero-order chi connectivity index (χ0) is 32.6. The molecule has 0 N–H and O–H groups in total. The van der Waals surface area contributed by atoms with E-state index in [1.165, 1.54) is 75.7 Å². The molecular weight excluding hydrogens is 627 g/mol. The number of hydrogen-bond donors (Lipinski definition) is 0. The van der Waals surface area contributed by atoms with Crippen molar-refractivity contribution < 1.29 is 4.42 Å². The Hall–Kier alpha value is -6.03. The summed E-state index contributed by atoms with van der Waals surface area (Å²) in [6.45, 7) is 0. The van der Waals surface area contributed by atoms with Crippen molar-refractivity contribution in [2.24, 2.45) is 0 Å². The van der Waals surface area contributed by atoms with Crippen molar-refractivity contribution in [1.82, 2.24) is 4.57 Å². The Balaban J connectivity index is 1.28. The maximum atomic E-state index is 6.50. The fourth-order valence-corrected chi connectivity index (χ4v) is 10.6. The topological polar surface area (TPSA) is 18.1 Å².